The molecule has 0 atom stereocenters. The first-order chi connectivity index (χ1) is 12.3. The molecule has 0 unspecified atom stereocenters. The summed E-state index contributed by atoms with van der Waals surface area (Å²) in [6.07, 6.45) is 0.693. The van der Waals surface area contributed by atoms with Crippen molar-refractivity contribution in [3.63, 3.8) is 0 Å². The number of aliphatic hydroxyl groups is 1. The maximum absolute atomic E-state index is 12.8. The lowest BCUT2D eigenvalue weighted by Crippen LogP contribution is -2.47. The Balaban J connectivity index is 1.90. The second-order valence-electron chi connectivity index (χ2n) is 6.83. The van der Waals surface area contributed by atoms with Gasteiger partial charge >= 0.3 is 0 Å². The van der Waals surface area contributed by atoms with E-state index in [0.29, 0.717) is 57.8 Å². The molecule has 9 nitrogen and oxygen atoms in total. The largest absolute Gasteiger partial charge is 0.393 e. The van der Waals surface area contributed by atoms with E-state index in [9.17, 15) is 23.6 Å². The van der Waals surface area contributed by atoms with Gasteiger partial charge in [0.1, 0.15) is 5.69 Å². The number of benzene rings is 1. The summed E-state index contributed by atoms with van der Waals surface area (Å²) in [7, 11) is -1.82. The van der Waals surface area contributed by atoms with Gasteiger partial charge in [-0.3, -0.25) is 10.1 Å². The van der Waals surface area contributed by atoms with E-state index < -0.39 is 14.9 Å². The minimum atomic E-state index is -3.75. The van der Waals surface area contributed by atoms with E-state index in [1.807, 2.05) is 16.8 Å². The molecule has 0 aromatic heterocycles. The summed E-state index contributed by atoms with van der Waals surface area (Å²) < 4.78 is 27.1. The Hall–Kier alpha value is -1.75. The molecule has 1 N–H and O–H groups in total. The Morgan fingerprint density at radius 2 is 1.73 bits per heavy atom. The van der Waals surface area contributed by atoms with Crippen LogP contribution in [0.2, 0.25) is 0 Å². The molecule has 10 heteroatoms. The van der Waals surface area contributed by atoms with Crippen LogP contribution in [-0.2, 0) is 10.0 Å². The van der Waals surface area contributed by atoms with Crippen LogP contribution in [0.15, 0.2) is 23.1 Å². The van der Waals surface area contributed by atoms with Crippen LogP contribution in [-0.4, -0.2) is 80.1 Å². The quantitative estimate of drug-likeness (QED) is 0.595. The molecule has 3 rings (SSSR count). The summed E-state index contributed by atoms with van der Waals surface area (Å²) in [5.74, 6) is 0. The number of anilines is 1. The molecule has 26 heavy (non-hydrogen) atoms. The Morgan fingerprint density at radius 1 is 1.12 bits per heavy atom. The van der Waals surface area contributed by atoms with Crippen LogP contribution in [0.5, 0.6) is 0 Å². The minimum absolute atomic E-state index is 0.0467. The first-order valence-corrected chi connectivity index (χ1v) is 10.1. The summed E-state index contributed by atoms with van der Waals surface area (Å²) in [6, 6.07) is 4.12. The second kappa shape index (κ2) is 7.47. The van der Waals surface area contributed by atoms with Gasteiger partial charge in [-0.05, 0) is 32.0 Å². The maximum atomic E-state index is 12.8. The number of aliphatic hydroxyl groups excluding tert-OH is 1. The van der Waals surface area contributed by atoms with Crippen molar-refractivity contribution in [2.24, 2.45) is 0 Å². The highest BCUT2D eigenvalue weighted by molar-refractivity contribution is 7.89. The predicted molar refractivity (Wildman–Crippen MR) is 96.8 cm³/mol. The molecule has 2 aliphatic rings. The lowest BCUT2D eigenvalue weighted by molar-refractivity contribution is -0.384. The van der Waals surface area contributed by atoms with Gasteiger partial charge in [0.05, 0.1) is 15.9 Å². The van der Waals surface area contributed by atoms with Crippen LogP contribution < -0.4 is 4.90 Å². The van der Waals surface area contributed by atoms with Gasteiger partial charge in [-0.15, -0.1) is 0 Å². The fraction of sp³-hybridized carbons (Fsp3) is 0.625. The molecule has 0 spiro atoms. The number of likely N-dealkylation sites (N-methyl/N-ethyl adjacent to an activating group) is 1. The molecular weight excluding hydrogens is 360 g/mol. The van der Waals surface area contributed by atoms with Gasteiger partial charge in [0.15, 0.2) is 0 Å². The SMILES string of the molecule is CN1CCN(S(=O)(=O)c2ccc(N3CCC(O)CC3)c([N+](=O)[O-])c2)CC1. The summed E-state index contributed by atoms with van der Waals surface area (Å²) >= 11 is 0. The predicted octanol–water partition coefficient (Wildman–Crippen LogP) is 0.492. The minimum Gasteiger partial charge on any atom is -0.393 e. The van der Waals surface area contributed by atoms with Crippen LogP contribution in [0.4, 0.5) is 11.4 Å². The van der Waals surface area contributed by atoms with E-state index in [1.165, 1.54) is 16.4 Å². The molecule has 1 aromatic rings. The maximum Gasteiger partial charge on any atom is 0.293 e. The highest BCUT2D eigenvalue weighted by Gasteiger charge is 2.31. The van der Waals surface area contributed by atoms with Gasteiger partial charge in [0, 0.05) is 45.3 Å². The highest BCUT2D eigenvalue weighted by Crippen LogP contribution is 2.33. The molecule has 2 heterocycles. The fourth-order valence-electron chi connectivity index (χ4n) is 3.36. The zero-order valence-corrected chi connectivity index (χ0v) is 15.6. The molecule has 2 saturated heterocycles. The summed E-state index contributed by atoms with van der Waals surface area (Å²) in [4.78, 5) is 14.8. The van der Waals surface area contributed by atoms with Crippen LogP contribution in [0, 0.1) is 10.1 Å². The van der Waals surface area contributed by atoms with Crippen molar-refractivity contribution in [3.05, 3.63) is 28.3 Å². The van der Waals surface area contributed by atoms with Crippen molar-refractivity contribution in [1.29, 1.82) is 0 Å². The van der Waals surface area contributed by atoms with Gasteiger partial charge in [0.25, 0.3) is 5.69 Å². The monoisotopic (exact) mass is 384 g/mol. The number of sulfonamides is 1. The Kier molecular flexibility index (Phi) is 5.47. The van der Waals surface area contributed by atoms with Crippen molar-refractivity contribution in [1.82, 2.24) is 9.21 Å². The topological polar surface area (TPSA) is 107 Å². The molecule has 2 aliphatic heterocycles. The zero-order chi connectivity index (χ0) is 18.9. The molecule has 0 saturated carbocycles. The summed E-state index contributed by atoms with van der Waals surface area (Å²) in [6.45, 7) is 3.03. The molecule has 0 amide bonds. The number of nitrogens with zero attached hydrogens (tertiary/aromatic N) is 4. The molecule has 0 radical (unpaired) electrons. The van der Waals surface area contributed by atoms with Crippen LogP contribution in [0.25, 0.3) is 0 Å². The van der Waals surface area contributed by atoms with Crippen molar-refractivity contribution in [2.75, 3.05) is 51.2 Å². The van der Waals surface area contributed by atoms with Gasteiger partial charge < -0.3 is 14.9 Å². The van der Waals surface area contributed by atoms with E-state index >= 15 is 0 Å². The Bertz CT molecular complexity index is 769. The van der Waals surface area contributed by atoms with E-state index in [0.717, 1.165) is 6.07 Å². The van der Waals surface area contributed by atoms with Gasteiger partial charge in [-0.2, -0.15) is 4.31 Å². The number of nitro groups is 1. The number of rotatable bonds is 4. The average molecular weight is 384 g/mol. The van der Waals surface area contributed by atoms with Gasteiger partial charge in [0.2, 0.25) is 10.0 Å². The van der Waals surface area contributed by atoms with Crippen LogP contribution >= 0.6 is 0 Å². The zero-order valence-electron chi connectivity index (χ0n) is 14.7. The molecular formula is C16H24N4O5S. The van der Waals surface area contributed by atoms with Gasteiger partial charge in [-0.1, -0.05) is 0 Å². The smallest absolute Gasteiger partial charge is 0.293 e. The first-order valence-electron chi connectivity index (χ1n) is 8.69. The highest BCUT2D eigenvalue weighted by atomic mass is 32.2. The third-order valence-electron chi connectivity index (χ3n) is 5.05. The molecule has 2 fully saturated rings. The van der Waals surface area contributed by atoms with Crippen molar-refractivity contribution >= 4 is 21.4 Å². The lowest BCUT2D eigenvalue weighted by atomic mass is 10.1. The van der Waals surface area contributed by atoms with E-state index in [1.54, 1.807) is 0 Å². The van der Waals surface area contributed by atoms with Crippen molar-refractivity contribution in [2.45, 2.75) is 23.8 Å². The van der Waals surface area contributed by atoms with E-state index in [-0.39, 0.29) is 16.7 Å². The fourth-order valence-corrected chi connectivity index (χ4v) is 4.80. The molecule has 0 aliphatic carbocycles. The number of nitro benzene ring substituents is 1. The third kappa shape index (κ3) is 3.83. The standard InChI is InChI=1S/C16H24N4O5S/c1-17-8-10-19(11-9-17)26(24,25)14-2-3-15(16(12-14)20(22)23)18-6-4-13(21)5-7-18/h2-3,12-13,21H,4-11H2,1H3. The first kappa shape index (κ1) is 19.0. The normalized spacial score (nSPS) is 21.1. The third-order valence-corrected chi connectivity index (χ3v) is 6.94. The van der Waals surface area contributed by atoms with Gasteiger partial charge in [-0.25, -0.2) is 8.42 Å². The van der Waals surface area contributed by atoms with Crippen LogP contribution in [0.3, 0.4) is 0 Å². The average Bonchev–Trinajstić information content (AvgIpc) is 2.62. The van der Waals surface area contributed by atoms with E-state index in [4.69, 9.17) is 0 Å². The number of piperazine rings is 1. The molecule has 1 aromatic carbocycles. The van der Waals surface area contributed by atoms with Crippen molar-refractivity contribution in [3.8, 4) is 0 Å². The summed E-state index contributed by atoms with van der Waals surface area (Å²) in [5, 5.41) is 21.2. The molecule has 0 bridgehead atoms. The molecule has 144 valence electrons. The Labute approximate surface area is 153 Å². The lowest BCUT2D eigenvalue weighted by Gasteiger charge is -2.32. The van der Waals surface area contributed by atoms with E-state index in [2.05, 4.69) is 0 Å². The number of hydrogen-bond acceptors (Lipinski definition) is 7. The Morgan fingerprint density at radius 3 is 2.31 bits per heavy atom. The van der Waals surface area contributed by atoms with Crippen molar-refractivity contribution < 1.29 is 18.4 Å². The summed E-state index contributed by atoms with van der Waals surface area (Å²) in [5.41, 5.74) is 0.191. The number of hydrogen-bond donors (Lipinski definition) is 1. The number of piperidine rings is 1. The van der Waals surface area contributed by atoms with Crippen LogP contribution in [0.1, 0.15) is 12.8 Å². The second-order valence-corrected chi connectivity index (χ2v) is 8.77.